The summed E-state index contributed by atoms with van der Waals surface area (Å²) < 4.78 is 0. The number of hydrogen-bond donors (Lipinski definition) is 3. The lowest BCUT2D eigenvalue weighted by atomic mass is 9.90. The van der Waals surface area contributed by atoms with Crippen LogP contribution in [0.2, 0.25) is 0 Å². The molecule has 5 nitrogen and oxygen atoms in total. The summed E-state index contributed by atoms with van der Waals surface area (Å²) in [6.07, 6.45) is 0.0617. The summed E-state index contributed by atoms with van der Waals surface area (Å²) >= 11 is 4.81. The third kappa shape index (κ3) is 4.14. The van der Waals surface area contributed by atoms with Crippen LogP contribution in [0.4, 0.5) is 0 Å². The number of thiocarbonyl (C=S) groups is 1. The minimum absolute atomic E-state index is 0.0617. The highest BCUT2D eigenvalue weighted by atomic mass is 32.1. The van der Waals surface area contributed by atoms with Crippen LogP contribution in [0.15, 0.2) is 0 Å². The van der Waals surface area contributed by atoms with E-state index in [9.17, 15) is 9.59 Å². The van der Waals surface area contributed by atoms with E-state index in [0.717, 1.165) is 0 Å². The molecule has 0 unspecified atom stereocenters. The molecule has 0 aliphatic heterocycles. The molecule has 0 aromatic heterocycles. The Labute approximate surface area is 101 Å². The molecule has 0 radical (unpaired) electrons. The van der Waals surface area contributed by atoms with E-state index in [0.29, 0.717) is 0 Å². The van der Waals surface area contributed by atoms with Crippen molar-refractivity contribution in [3.63, 3.8) is 0 Å². The van der Waals surface area contributed by atoms with Gasteiger partial charge in [-0.25, -0.2) is 0 Å². The van der Waals surface area contributed by atoms with Crippen LogP contribution in [0.3, 0.4) is 0 Å². The summed E-state index contributed by atoms with van der Waals surface area (Å²) in [5.41, 5.74) is 8.91. The smallest absolute Gasteiger partial charge is 0.232 e. The number of hydrogen-bond acceptors (Lipinski definition) is 3. The Kier molecular flexibility index (Phi) is 4.43. The maximum Gasteiger partial charge on any atom is 0.232 e. The van der Waals surface area contributed by atoms with E-state index in [1.54, 1.807) is 27.7 Å². The average Bonchev–Trinajstić information content (AvgIpc) is 1.99. The molecule has 92 valence electrons. The highest BCUT2D eigenvalue weighted by molar-refractivity contribution is 7.80. The third-order valence-electron chi connectivity index (χ3n) is 2.25. The standard InChI is InChI=1S/C10H19N3O2S/c1-9(2,5-6(11)14)13-8(15)10(3,4)7(12)16/h5H2,1-4H3,(H2,11,14)(H2,12,16)(H,13,15). The van der Waals surface area contributed by atoms with Gasteiger partial charge in [0.1, 0.15) is 0 Å². The highest BCUT2D eigenvalue weighted by Crippen LogP contribution is 2.18. The Morgan fingerprint density at radius 3 is 1.94 bits per heavy atom. The van der Waals surface area contributed by atoms with Gasteiger partial charge in [0.15, 0.2) is 0 Å². The van der Waals surface area contributed by atoms with Gasteiger partial charge in [-0.2, -0.15) is 0 Å². The maximum absolute atomic E-state index is 11.9. The fraction of sp³-hybridized carbons (Fsp3) is 0.700. The van der Waals surface area contributed by atoms with Crippen molar-refractivity contribution >= 4 is 29.0 Å². The lowest BCUT2D eigenvalue weighted by Gasteiger charge is -2.30. The van der Waals surface area contributed by atoms with Crippen molar-refractivity contribution in [2.45, 2.75) is 39.7 Å². The largest absolute Gasteiger partial charge is 0.392 e. The van der Waals surface area contributed by atoms with Crippen LogP contribution in [-0.4, -0.2) is 22.3 Å². The molecule has 2 amide bonds. The lowest BCUT2D eigenvalue weighted by Crippen LogP contribution is -2.53. The summed E-state index contributed by atoms with van der Waals surface area (Å²) in [5, 5.41) is 2.70. The lowest BCUT2D eigenvalue weighted by molar-refractivity contribution is -0.128. The zero-order valence-corrected chi connectivity index (χ0v) is 10.9. The van der Waals surface area contributed by atoms with E-state index < -0.39 is 16.9 Å². The van der Waals surface area contributed by atoms with E-state index in [2.05, 4.69) is 5.32 Å². The van der Waals surface area contributed by atoms with E-state index in [-0.39, 0.29) is 17.3 Å². The van der Waals surface area contributed by atoms with Crippen molar-refractivity contribution in [3.05, 3.63) is 0 Å². The zero-order chi connectivity index (χ0) is 13.1. The number of carbonyl (C=O) groups excluding carboxylic acids is 2. The molecule has 0 aliphatic carbocycles. The molecule has 0 spiro atoms. The number of nitrogens with one attached hydrogen (secondary N) is 1. The van der Waals surface area contributed by atoms with E-state index in [1.165, 1.54) is 0 Å². The second-order valence-electron chi connectivity index (χ2n) is 4.97. The molecular weight excluding hydrogens is 226 g/mol. The summed E-state index contributed by atoms with van der Waals surface area (Å²) in [5.74, 6) is -0.787. The fourth-order valence-electron chi connectivity index (χ4n) is 1.06. The number of carbonyl (C=O) groups is 2. The van der Waals surface area contributed by atoms with Crippen molar-refractivity contribution in [1.29, 1.82) is 0 Å². The Morgan fingerprint density at radius 2 is 1.62 bits per heavy atom. The average molecular weight is 245 g/mol. The van der Waals surface area contributed by atoms with Crippen LogP contribution in [0.1, 0.15) is 34.1 Å². The van der Waals surface area contributed by atoms with Crippen molar-refractivity contribution in [3.8, 4) is 0 Å². The molecule has 0 aromatic rings. The van der Waals surface area contributed by atoms with Gasteiger partial charge in [0.25, 0.3) is 0 Å². The van der Waals surface area contributed by atoms with Crippen molar-refractivity contribution in [2.75, 3.05) is 0 Å². The van der Waals surface area contributed by atoms with E-state index in [1.807, 2.05) is 0 Å². The van der Waals surface area contributed by atoms with E-state index >= 15 is 0 Å². The Bertz CT molecular complexity index is 324. The first-order valence-corrected chi connectivity index (χ1v) is 5.31. The number of nitrogens with two attached hydrogens (primary N) is 2. The van der Waals surface area contributed by atoms with Gasteiger partial charge >= 0.3 is 0 Å². The van der Waals surface area contributed by atoms with Crippen LogP contribution < -0.4 is 16.8 Å². The first-order valence-electron chi connectivity index (χ1n) is 4.90. The van der Waals surface area contributed by atoms with Gasteiger partial charge in [0, 0.05) is 12.0 Å². The summed E-state index contributed by atoms with van der Waals surface area (Å²) in [6.45, 7) is 6.69. The molecule has 0 saturated carbocycles. The molecule has 0 aromatic carbocycles. The first kappa shape index (κ1) is 14.8. The van der Waals surface area contributed by atoms with Gasteiger partial charge < -0.3 is 16.8 Å². The Hall–Kier alpha value is -1.17. The molecule has 0 atom stereocenters. The minimum atomic E-state index is -0.940. The Morgan fingerprint density at radius 1 is 1.19 bits per heavy atom. The van der Waals surface area contributed by atoms with Gasteiger partial charge in [-0.15, -0.1) is 0 Å². The predicted molar refractivity (Wildman–Crippen MR) is 66.6 cm³/mol. The van der Waals surface area contributed by atoms with Gasteiger partial charge in [0.2, 0.25) is 11.8 Å². The van der Waals surface area contributed by atoms with Gasteiger partial charge in [-0.3, -0.25) is 9.59 Å². The van der Waals surface area contributed by atoms with Gasteiger partial charge in [0.05, 0.1) is 10.4 Å². The Balaban J connectivity index is 4.68. The number of primary amides is 1. The monoisotopic (exact) mass is 245 g/mol. The molecule has 0 aliphatic rings. The quantitative estimate of drug-likeness (QED) is 0.597. The minimum Gasteiger partial charge on any atom is -0.392 e. The maximum atomic E-state index is 11.9. The third-order valence-corrected chi connectivity index (χ3v) is 2.76. The number of amides is 2. The molecule has 0 fully saturated rings. The van der Waals surface area contributed by atoms with Gasteiger partial charge in [-0.1, -0.05) is 12.2 Å². The molecule has 0 bridgehead atoms. The van der Waals surface area contributed by atoms with Crippen LogP contribution in [0.5, 0.6) is 0 Å². The second-order valence-corrected chi connectivity index (χ2v) is 5.41. The van der Waals surface area contributed by atoms with Crippen LogP contribution >= 0.6 is 12.2 Å². The normalized spacial score (nSPS) is 12.0. The van der Waals surface area contributed by atoms with Crippen molar-refractivity contribution in [2.24, 2.45) is 16.9 Å². The van der Waals surface area contributed by atoms with Crippen molar-refractivity contribution in [1.82, 2.24) is 5.32 Å². The molecule has 0 rings (SSSR count). The zero-order valence-electron chi connectivity index (χ0n) is 10.1. The topological polar surface area (TPSA) is 98.2 Å². The fourth-order valence-corrected chi connectivity index (χ4v) is 1.15. The molecule has 16 heavy (non-hydrogen) atoms. The second kappa shape index (κ2) is 4.78. The first-order chi connectivity index (χ1) is 6.99. The predicted octanol–water partition coefficient (Wildman–Crippen LogP) is 0.0689. The summed E-state index contributed by atoms with van der Waals surface area (Å²) in [7, 11) is 0. The summed E-state index contributed by atoms with van der Waals surface area (Å²) in [6, 6.07) is 0. The highest BCUT2D eigenvalue weighted by Gasteiger charge is 2.34. The SMILES string of the molecule is CC(C)(CC(N)=O)NC(=O)C(C)(C)C(N)=S. The molecule has 5 N–H and O–H groups in total. The van der Waals surface area contributed by atoms with E-state index in [4.69, 9.17) is 23.7 Å². The van der Waals surface area contributed by atoms with Crippen LogP contribution in [-0.2, 0) is 9.59 Å². The van der Waals surface area contributed by atoms with Crippen molar-refractivity contribution < 1.29 is 9.59 Å². The molecule has 6 heteroatoms. The molecule has 0 heterocycles. The number of rotatable bonds is 5. The van der Waals surface area contributed by atoms with Gasteiger partial charge in [-0.05, 0) is 27.7 Å². The summed E-state index contributed by atoms with van der Waals surface area (Å²) in [4.78, 5) is 22.8. The molecular formula is C10H19N3O2S. The van der Waals surface area contributed by atoms with Crippen LogP contribution in [0.25, 0.3) is 0 Å². The molecule has 0 saturated heterocycles. The van der Waals surface area contributed by atoms with Crippen LogP contribution in [0, 0.1) is 5.41 Å².